The smallest absolute Gasteiger partial charge is 0.244 e. The first-order valence-corrected chi connectivity index (χ1v) is 8.38. The molecular weight excluding hydrogens is 300 g/mol. The zero-order valence-corrected chi connectivity index (χ0v) is 12.5. The average molecular weight is 315 g/mol. The van der Waals surface area contributed by atoms with E-state index in [-0.39, 0.29) is 17.4 Å². The van der Waals surface area contributed by atoms with Crippen LogP contribution in [0.2, 0.25) is 5.02 Å². The van der Waals surface area contributed by atoms with Crippen LogP contribution in [0.5, 0.6) is 0 Å². The van der Waals surface area contributed by atoms with E-state index in [4.69, 9.17) is 11.6 Å². The molecule has 1 aromatic rings. The molecule has 0 spiro atoms. The predicted octanol–water partition coefficient (Wildman–Crippen LogP) is 1.61. The van der Waals surface area contributed by atoms with Gasteiger partial charge < -0.3 is 0 Å². The van der Waals surface area contributed by atoms with Crippen molar-refractivity contribution < 1.29 is 13.2 Å². The highest BCUT2D eigenvalue weighted by molar-refractivity contribution is 7.91. The molecule has 0 aliphatic carbocycles. The minimum absolute atomic E-state index is 0.0715. The van der Waals surface area contributed by atoms with Crippen LogP contribution in [0, 0.1) is 5.92 Å². The van der Waals surface area contributed by atoms with Gasteiger partial charge in [0, 0.05) is 5.02 Å². The van der Waals surface area contributed by atoms with Crippen molar-refractivity contribution >= 4 is 33.1 Å². The number of hydrogen-bond donors (Lipinski definition) is 1. The molecule has 0 radical (unpaired) electrons. The molecule has 1 saturated heterocycles. The van der Waals surface area contributed by atoms with E-state index in [1.54, 1.807) is 25.1 Å². The lowest BCUT2D eigenvalue weighted by Crippen LogP contribution is -2.28. The number of hydrazone groups is 1. The van der Waals surface area contributed by atoms with Crippen LogP contribution in [0.3, 0.4) is 0 Å². The molecule has 1 atom stereocenters. The number of rotatable bonds is 3. The fourth-order valence-corrected chi connectivity index (χ4v) is 3.94. The molecule has 1 amide bonds. The third-order valence-electron chi connectivity index (χ3n) is 3.18. The lowest BCUT2D eigenvalue weighted by atomic mass is 10.1. The van der Waals surface area contributed by atoms with E-state index < -0.39 is 15.8 Å². The van der Waals surface area contributed by atoms with E-state index in [2.05, 4.69) is 10.5 Å². The number of halogens is 1. The molecular formula is C13H15ClN2O3S. The van der Waals surface area contributed by atoms with Crippen LogP contribution < -0.4 is 5.43 Å². The molecule has 1 N–H and O–H groups in total. The van der Waals surface area contributed by atoms with Gasteiger partial charge in [-0.3, -0.25) is 4.79 Å². The summed E-state index contributed by atoms with van der Waals surface area (Å²) in [5.41, 5.74) is 3.84. The maximum absolute atomic E-state index is 11.8. The molecule has 1 fully saturated rings. The van der Waals surface area contributed by atoms with Crippen LogP contribution in [0.25, 0.3) is 0 Å². The summed E-state index contributed by atoms with van der Waals surface area (Å²) in [6.45, 7) is 1.75. The predicted molar refractivity (Wildman–Crippen MR) is 78.6 cm³/mol. The Balaban J connectivity index is 2.00. The van der Waals surface area contributed by atoms with E-state index in [1.807, 2.05) is 6.07 Å². The molecule has 0 bridgehead atoms. The monoisotopic (exact) mass is 314 g/mol. The largest absolute Gasteiger partial charge is 0.273 e. The molecule has 0 aromatic heterocycles. The van der Waals surface area contributed by atoms with Gasteiger partial charge in [-0.2, -0.15) is 5.10 Å². The maximum atomic E-state index is 11.8. The molecule has 1 aliphatic heterocycles. The summed E-state index contributed by atoms with van der Waals surface area (Å²) in [6, 6.07) is 7.12. The highest BCUT2D eigenvalue weighted by Crippen LogP contribution is 2.18. The number of benzene rings is 1. The van der Waals surface area contributed by atoms with Crippen LogP contribution in [-0.2, 0) is 14.6 Å². The van der Waals surface area contributed by atoms with Gasteiger partial charge >= 0.3 is 0 Å². The average Bonchev–Trinajstić information content (AvgIpc) is 2.76. The van der Waals surface area contributed by atoms with Crippen LogP contribution in [0.15, 0.2) is 29.4 Å². The summed E-state index contributed by atoms with van der Waals surface area (Å²) in [5.74, 6) is -0.879. The molecule has 20 heavy (non-hydrogen) atoms. The molecule has 2 rings (SSSR count). The quantitative estimate of drug-likeness (QED) is 0.680. The molecule has 108 valence electrons. The number of sulfone groups is 1. The Kier molecular flexibility index (Phi) is 4.45. The molecule has 0 saturated carbocycles. The fourth-order valence-electron chi connectivity index (χ4n) is 2.01. The highest BCUT2D eigenvalue weighted by atomic mass is 35.5. The Bertz CT molecular complexity index is 655. The van der Waals surface area contributed by atoms with Crippen LogP contribution in [0.1, 0.15) is 18.9 Å². The Morgan fingerprint density at radius 2 is 2.20 bits per heavy atom. The number of hydrogen-bond acceptors (Lipinski definition) is 4. The van der Waals surface area contributed by atoms with Crippen molar-refractivity contribution in [3.63, 3.8) is 0 Å². The lowest BCUT2D eigenvalue weighted by Gasteiger charge is -2.06. The Morgan fingerprint density at radius 1 is 1.45 bits per heavy atom. The van der Waals surface area contributed by atoms with Gasteiger partial charge in [-0.05, 0) is 31.0 Å². The SMILES string of the molecule is C/C(=N/NC(=O)[C@@H]1CCS(=O)(=O)C1)c1cccc(Cl)c1. The number of nitrogens with zero attached hydrogens (tertiary/aromatic N) is 1. The van der Waals surface area contributed by atoms with Crippen LogP contribution in [0.4, 0.5) is 0 Å². The topological polar surface area (TPSA) is 75.6 Å². The lowest BCUT2D eigenvalue weighted by molar-refractivity contribution is -0.124. The third-order valence-corrected chi connectivity index (χ3v) is 5.18. The standard InChI is InChI=1S/C13H15ClN2O3S/c1-9(10-3-2-4-12(14)7-10)15-16-13(17)11-5-6-20(18,19)8-11/h2-4,7,11H,5-6,8H2,1H3,(H,16,17)/b15-9-/t11-/m1/s1. The summed E-state index contributed by atoms with van der Waals surface area (Å²) in [7, 11) is -3.06. The third kappa shape index (κ3) is 3.80. The van der Waals surface area contributed by atoms with Gasteiger partial charge in [0.05, 0.1) is 23.1 Å². The minimum Gasteiger partial charge on any atom is -0.273 e. The molecule has 1 heterocycles. The van der Waals surface area contributed by atoms with Gasteiger partial charge in [-0.1, -0.05) is 23.7 Å². The second-order valence-corrected chi connectivity index (χ2v) is 7.45. The minimum atomic E-state index is -3.06. The number of carbonyl (C=O) groups excluding carboxylic acids is 1. The second-order valence-electron chi connectivity index (χ2n) is 4.78. The summed E-state index contributed by atoms with van der Waals surface area (Å²) >= 11 is 5.88. The second kappa shape index (κ2) is 5.93. The molecule has 0 unspecified atom stereocenters. The number of amides is 1. The Hall–Kier alpha value is -1.40. The summed E-state index contributed by atoms with van der Waals surface area (Å²) in [6.07, 6.45) is 0.361. The first kappa shape index (κ1) is 15.0. The number of carbonyl (C=O) groups is 1. The molecule has 5 nitrogen and oxygen atoms in total. The summed E-state index contributed by atoms with van der Waals surface area (Å²) in [5, 5.41) is 4.58. The summed E-state index contributed by atoms with van der Waals surface area (Å²) in [4.78, 5) is 11.8. The van der Waals surface area contributed by atoms with E-state index in [0.29, 0.717) is 17.2 Å². The van der Waals surface area contributed by atoms with Crippen molar-refractivity contribution in [1.82, 2.24) is 5.43 Å². The Morgan fingerprint density at radius 3 is 2.80 bits per heavy atom. The van der Waals surface area contributed by atoms with E-state index in [1.165, 1.54) is 0 Å². The first-order chi connectivity index (χ1) is 9.37. The first-order valence-electron chi connectivity index (χ1n) is 6.18. The molecule has 7 heteroatoms. The van der Waals surface area contributed by atoms with Gasteiger partial charge in [-0.15, -0.1) is 0 Å². The summed E-state index contributed by atoms with van der Waals surface area (Å²) < 4.78 is 22.6. The van der Waals surface area contributed by atoms with E-state index >= 15 is 0 Å². The van der Waals surface area contributed by atoms with Gasteiger partial charge in [0.25, 0.3) is 0 Å². The zero-order chi connectivity index (χ0) is 14.8. The van der Waals surface area contributed by atoms with Crippen LogP contribution >= 0.6 is 11.6 Å². The number of nitrogens with one attached hydrogen (secondary N) is 1. The fraction of sp³-hybridized carbons (Fsp3) is 0.385. The Labute approximate surface area is 122 Å². The normalized spacial score (nSPS) is 21.7. The van der Waals surface area contributed by atoms with Crippen molar-refractivity contribution in [2.24, 2.45) is 11.0 Å². The van der Waals surface area contributed by atoms with Crippen molar-refractivity contribution in [2.45, 2.75) is 13.3 Å². The van der Waals surface area contributed by atoms with Gasteiger partial charge in [0.2, 0.25) is 5.91 Å². The van der Waals surface area contributed by atoms with E-state index in [9.17, 15) is 13.2 Å². The highest BCUT2D eigenvalue weighted by Gasteiger charge is 2.32. The maximum Gasteiger partial charge on any atom is 0.244 e. The molecule has 1 aromatic carbocycles. The van der Waals surface area contributed by atoms with Crippen molar-refractivity contribution in [3.8, 4) is 0 Å². The van der Waals surface area contributed by atoms with Crippen molar-refractivity contribution in [3.05, 3.63) is 34.9 Å². The van der Waals surface area contributed by atoms with Gasteiger partial charge in [0.1, 0.15) is 0 Å². The van der Waals surface area contributed by atoms with Crippen molar-refractivity contribution in [2.75, 3.05) is 11.5 Å². The molecule has 1 aliphatic rings. The van der Waals surface area contributed by atoms with Crippen molar-refractivity contribution in [1.29, 1.82) is 0 Å². The van der Waals surface area contributed by atoms with Gasteiger partial charge in [-0.25, -0.2) is 13.8 Å². The zero-order valence-electron chi connectivity index (χ0n) is 11.0. The van der Waals surface area contributed by atoms with Crippen LogP contribution in [-0.4, -0.2) is 31.5 Å². The van der Waals surface area contributed by atoms with Gasteiger partial charge in [0.15, 0.2) is 9.84 Å². The van der Waals surface area contributed by atoms with E-state index in [0.717, 1.165) is 5.56 Å².